The van der Waals surface area contributed by atoms with Crippen LogP contribution in [0.5, 0.6) is 11.5 Å². The zero-order valence-electron chi connectivity index (χ0n) is 15.7. The standard InChI is InChI=1S/C20H22BrN3O4/c1-3-11-28-17-10-9-14(12-18(17)27-4-2)13-22-24-20(26)19(25)23-16-8-6-5-7-15(16)21/h5-10,12-13H,3-4,11H2,1-2H3,(H,23,25)(H,24,26)/b22-13+. The molecule has 0 atom stereocenters. The van der Waals surface area contributed by atoms with E-state index >= 15 is 0 Å². The topological polar surface area (TPSA) is 89.0 Å². The number of halogens is 1. The van der Waals surface area contributed by atoms with Crippen LogP contribution in [0, 0.1) is 0 Å². The van der Waals surface area contributed by atoms with Crippen LogP contribution in [0.2, 0.25) is 0 Å². The second-order valence-electron chi connectivity index (χ2n) is 5.62. The van der Waals surface area contributed by atoms with Gasteiger partial charge in [0.05, 0.1) is 25.1 Å². The van der Waals surface area contributed by atoms with Crippen molar-refractivity contribution in [2.75, 3.05) is 18.5 Å². The van der Waals surface area contributed by atoms with E-state index in [0.717, 1.165) is 6.42 Å². The van der Waals surface area contributed by atoms with Crippen LogP contribution in [-0.4, -0.2) is 31.2 Å². The predicted octanol–water partition coefficient (Wildman–Crippen LogP) is 3.73. The van der Waals surface area contributed by atoms with Gasteiger partial charge in [0.2, 0.25) is 0 Å². The highest BCUT2D eigenvalue weighted by Crippen LogP contribution is 2.28. The van der Waals surface area contributed by atoms with Gasteiger partial charge in [-0.25, -0.2) is 5.43 Å². The average Bonchev–Trinajstić information content (AvgIpc) is 2.69. The molecule has 0 unspecified atom stereocenters. The van der Waals surface area contributed by atoms with Gasteiger partial charge < -0.3 is 14.8 Å². The Morgan fingerprint density at radius 2 is 1.86 bits per heavy atom. The highest BCUT2D eigenvalue weighted by atomic mass is 79.9. The van der Waals surface area contributed by atoms with E-state index in [2.05, 4.69) is 31.8 Å². The third kappa shape index (κ3) is 6.38. The molecule has 0 aliphatic heterocycles. The number of ether oxygens (including phenoxy) is 2. The number of hydrogen-bond acceptors (Lipinski definition) is 5. The molecular weight excluding hydrogens is 426 g/mol. The minimum absolute atomic E-state index is 0.495. The molecule has 0 aliphatic rings. The van der Waals surface area contributed by atoms with E-state index in [1.165, 1.54) is 6.21 Å². The van der Waals surface area contributed by atoms with Gasteiger partial charge in [-0.1, -0.05) is 19.1 Å². The van der Waals surface area contributed by atoms with Crippen LogP contribution in [0.3, 0.4) is 0 Å². The number of hydrogen-bond donors (Lipinski definition) is 2. The first-order chi connectivity index (χ1) is 13.5. The molecule has 0 fully saturated rings. The number of hydrazone groups is 1. The molecule has 7 nitrogen and oxygen atoms in total. The quantitative estimate of drug-likeness (QED) is 0.366. The van der Waals surface area contributed by atoms with Crippen molar-refractivity contribution >= 4 is 39.6 Å². The normalized spacial score (nSPS) is 10.5. The second kappa shape index (κ2) is 11.1. The maximum atomic E-state index is 11.9. The zero-order valence-corrected chi connectivity index (χ0v) is 17.3. The Hall–Kier alpha value is -2.87. The average molecular weight is 448 g/mol. The highest BCUT2D eigenvalue weighted by Gasteiger charge is 2.14. The number of carbonyl (C=O) groups excluding carboxylic acids is 2. The first kappa shape index (κ1) is 21.4. The summed E-state index contributed by atoms with van der Waals surface area (Å²) in [7, 11) is 0. The Morgan fingerprint density at radius 3 is 2.57 bits per heavy atom. The van der Waals surface area contributed by atoms with Crippen LogP contribution < -0.4 is 20.2 Å². The van der Waals surface area contributed by atoms with Crippen LogP contribution in [0.1, 0.15) is 25.8 Å². The maximum absolute atomic E-state index is 11.9. The van der Waals surface area contributed by atoms with E-state index in [9.17, 15) is 9.59 Å². The molecule has 0 radical (unpaired) electrons. The van der Waals surface area contributed by atoms with E-state index in [0.29, 0.717) is 40.4 Å². The molecule has 0 heterocycles. The minimum atomic E-state index is -0.875. The van der Waals surface area contributed by atoms with Crippen LogP contribution in [0.25, 0.3) is 0 Å². The summed E-state index contributed by atoms with van der Waals surface area (Å²) in [5, 5.41) is 6.33. The lowest BCUT2D eigenvalue weighted by molar-refractivity contribution is -0.136. The third-order valence-corrected chi connectivity index (χ3v) is 4.13. The summed E-state index contributed by atoms with van der Waals surface area (Å²) in [6.45, 7) is 5.00. The van der Waals surface area contributed by atoms with Crippen molar-refractivity contribution in [3.05, 3.63) is 52.5 Å². The molecule has 2 N–H and O–H groups in total. The van der Waals surface area contributed by atoms with Gasteiger partial charge in [-0.05, 0) is 65.2 Å². The van der Waals surface area contributed by atoms with Gasteiger partial charge in [-0.15, -0.1) is 0 Å². The fraction of sp³-hybridized carbons (Fsp3) is 0.250. The zero-order chi connectivity index (χ0) is 20.4. The van der Waals surface area contributed by atoms with Crippen molar-refractivity contribution in [1.82, 2.24) is 5.43 Å². The molecule has 0 bridgehead atoms. The van der Waals surface area contributed by atoms with Crippen molar-refractivity contribution in [2.24, 2.45) is 5.10 Å². The number of rotatable bonds is 8. The summed E-state index contributed by atoms with van der Waals surface area (Å²) in [6.07, 6.45) is 2.32. The molecule has 2 aromatic rings. The lowest BCUT2D eigenvalue weighted by Crippen LogP contribution is -2.32. The molecular formula is C20H22BrN3O4. The molecule has 0 aliphatic carbocycles. The molecule has 148 valence electrons. The van der Waals surface area contributed by atoms with E-state index in [-0.39, 0.29) is 0 Å². The van der Waals surface area contributed by atoms with Crippen molar-refractivity contribution in [3.8, 4) is 11.5 Å². The Morgan fingerprint density at radius 1 is 1.07 bits per heavy atom. The highest BCUT2D eigenvalue weighted by molar-refractivity contribution is 9.10. The number of para-hydroxylation sites is 1. The fourth-order valence-corrected chi connectivity index (χ4v) is 2.55. The predicted molar refractivity (Wildman–Crippen MR) is 112 cm³/mol. The Labute approximate surface area is 172 Å². The monoisotopic (exact) mass is 447 g/mol. The van der Waals surface area contributed by atoms with E-state index in [1.54, 1.807) is 42.5 Å². The Bertz CT molecular complexity index is 855. The van der Waals surface area contributed by atoms with Crippen LogP contribution >= 0.6 is 15.9 Å². The van der Waals surface area contributed by atoms with Crippen molar-refractivity contribution < 1.29 is 19.1 Å². The summed E-state index contributed by atoms with van der Waals surface area (Å²) in [5.41, 5.74) is 3.39. The summed E-state index contributed by atoms with van der Waals surface area (Å²) < 4.78 is 11.9. The van der Waals surface area contributed by atoms with E-state index in [4.69, 9.17) is 9.47 Å². The fourth-order valence-electron chi connectivity index (χ4n) is 2.16. The van der Waals surface area contributed by atoms with Crippen LogP contribution in [0.4, 0.5) is 5.69 Å². The van der Waals surface area contributed by atoms with Gasteiger partial charge in [0.1, 0.15) is 0 Å². The molecule has 0 aromatic heterocycles. The Balaban J connectivity index is 1.97. The van der Waals surface area contributed by atoms with Gasteiger partial charge in [0.25, 0.3) is 0 Å². The minimum Gasteiger partial charge on any atom is -0.490 e. The molecule has 28 heavy (non-hydrogen) atoms. The van der Waals surface area contributed by atoms with Crippen LogP contribution in [-0.2, 0) is 9.59 Å². The van der Waals surface area contributed by atoms with Crippen molar-refractivity contribution in [2.45, 2.75) is 20.3 Å². The SMILES string of the molecule is CCCOc1ccc(/C=N/NC(=O)C(=O)Nc2ccccc2Br)cc1OCC. The number of benzene rings is 2. The number of nitrogens with one attached hydrogen (secondary N) is 2. The molecule has 2 aromatic carbocycles. The summed E-state index contributed by atoms with van der Waals surface area (Å²) in [6, 6.07) is 12.3. The summed E-state index contributed by atoms with van der Waals surface area (Å²) in [4.78, 5) is 23.8. The molecule has 0 spiro atoms. The first-order valence-electron chi connectivity index (χ1n) is 8.83. The van der Waals surface area contributed by atoms with Crippen molar-refractivity contribution in [1.29, 1.82) is 0 Å². The smallest absolute Gasteiger partial charge is 0.329 e. The largest absolute Gasteiger partial charge is 0.490 e. The second-order valence-corrected chi connectivity index (χ2v) is 6.48. The van der Waals surface area contributed by atoms with E-state index < -0.39 is 11.8 Å². The molecule has 0 saturated carbocycles. The molecule has 2 rings (SSSR count). The van der Waals surface area contributed by atoms with E-state index in [1.807, 2.05) is 13.8 Å². The van der Waals surface area contributed by atoms with Gasteiger partial charge in [-0.2, -0.15) is 5.10 Å². The maximum Gasteiger partial charge on any atom is 0.329 e. The number of amides is 2. The van der Waals surface area contributed by atoms with Gasteiger partial charge in [-0.3, -0.25) is 9.59 Å². The summed E-state index contributed by atoms with van der Waals surface area (Å²) >= 11 is 3.30. The molecule has 0 saturated heterocycles. The van der Waals surface area contributed by atoms with Gasteiger partial charge in [0.15, 0.2) is 11.5 Å². The lowest BCUT2D eigenvalue weighted by Gasteiger charge is -2.11. The number of carbonyl (C=O) groups is 2. The first-order valence-corrected chi connectivity index (χ1v) is 9.63. The van der Waals surface area contributed by atoms with Gasteiger partial charge >= 0.3 is 11.8 Å². The van der Waals surface area contributed by atoms with Gasteiger partial charge in [0, 0.05) is 4.47 Å². The summed E-state index contributed by atoms with van der Waals surface area (Å²) in [5.74, 6) is -0.446. The third-order valence-electron chi connectivity index (χ3n) is 3.44. The molecule has 8 heteroatoms. The lowest BCUT2D eigenvalue weighted by atomic mass is 10.2. The molecule has 2 amide bonds. The number of anilines is 1. The number of nitrogens with zero attached hydrogens (tertiary/aromatic N) is 1. The van der Waals surface area contributed by atoms with Crippen molar-refractivity contribution in [3.63, 3.8) is 0 Å². The van der Waals surface area contributed by atoms with Crippen LogP contribution in [0.15, 0.2) is 52.0 Å². The Kier molecular flexibility index (Phi) is 8.48.